The van der Waals surface area contributed by atoms with Crippen molar-refractivity contribution in [2.24, 2.45) is 0 Å². The van der Waals surface area contributed by atoms with Crippen LogP contribution in [-0.4, -0.2) is 53.7 Å². The van der Waals surface area contributed by atoms with E-state index in [9.17, 15) is 19.5 Å². The van der Waals surface area contributed by atoms with Gasteiger partial charge in [-0.3, -0.25) is 19.8 Å². The molecule has 108 valence electrons. The van der Waals surface area contributed by atoms with E-state index in [4.69, 9.17) is 0 Å². The Balaban J connectivity index is 2.72. The summed E-state index contributed by atoms with van der Waals surface area (Å²) in [5.41, 5.74) is -0.984. The van der Waals surface area contributed by atoms with Gasteiger partial charge >= 0.3 is 12.1 Å². The number of nitrogens with one attached hydrogen (secondary N) is 1. The number of carbonyl (C=O) groups excluding carboxylic acids is 2. The molecule has 1 unspecified atom stereocenters. The number of ether oxygens (including phenoxy) is 1. The van der Waals surface area contributed by atoms with Gasteiger partial charge < -0.3 is 9.84 Å². The van der Waals surface area contributed by atoms with E-state index in [0.29, 0.717) is 19.4 Å². The zero-order valence-corrected chi connectivity index (χ0v) is 11.3. The fourth-order valence-electron chi connectivity index (χ4n) is 2.59. The van der Waals surface area contributed by atoms with Crippen molar-refractivity contribution in [2.75, 3.05) is 20.2 Å². The first-order valence-electron chi connectivity index (χ1n) is 6.32. The molecule has 2 amide bonds. The molecule has 1 aliphatic rings. The van der Waals surface area contributed by atoms with E-state index < -0.39 is 23.5 Å². The molecule has 7 nitrogen and oxygen atoms in total. The molecule has 0 saturated carbocycles. The molecule has 1 atom stereocenters. The number of hydrogen-bond donors (Lipinski definition) is 2. The Kier molecular flexibility index (Phi) is 5.29. The highest BCUT2D eigenvalue weighted by molar-refractivity contribution is 5.93. The van der Waals surface area contributed by atoms with Gasteiger partial charge in [0, 0.05) is 0 Å². The molecular formula is C12H20N2O5. The summed E-state index contributed by atoms with van der Waals surface area (Å²) in [7, 11) is 1.16. The summed E-state index contributed by atoms with van der Waals surface area (Å²) in [6.07, 6.45) is 1.65. The first kappa shape index (κ1) is 15.4. The van der Waals surface area contributed by atoms with Crippen LogP contribution in [0.1, 0.15) is 32.6 Å². The molecule has 7 heteroatoms. The molecule has 0 aromatic carbocycles. The highest BCUT2D eigenvalue weighted by Crippen LogP contribution is 2.33. The van der Waals surface area contributed by atoms with Crippen molar-refractivity contribution in [3.05, 3.63) is 0 Å². The van der Waals surface area contributed by atoms with Crippen LogP contribution in [0.2, 0.25) is 0 Å². The smallest absolute Gasteiger partial charge is 0.413 e. The van der Waals surface area contributed by atoms with Crippen molar-refractivity contribution >= 4 is 18.0 Å². The third-order valence-electron chi connectivity index (χ3n) is 3.45. The average molecular weight is 272 g/mol. The molecule has 1 saturated heterocycles. The van der Waals surface area contributed by atoms with Gasteiger partial charge in [0.1, 0.15) is 5.54 Å². The number of nitrogens with zero attached hydrogens (tertiary/aromatic N) is 1. The second kappa shape index (κ2) is 6.51. The van der Waals surface area contributed by atoms with Gasteiger partial charge in [-0.25, -0.2) is 4.79 Å². The third-order valence-corrected chi connectivity index (χ3v) is 3.45. The van der Waals surface area contributed by atoms with Crippen molar-refractivity contribution in [2.45, 2.75) is 38.1 Å². The zero-order valence-electron chi connectivity index (χ0n) is 11.3. The van der Waals surface area contributed by atoms with Crippen LogP contribution in [0.25, 0.3) is 0 Å². The van der Waals surface area contributed by atoms with Gasteiger partial charge in [-0.15, -0.1) is 0 Å². The van der Waals surface area contributed by atoms with E-state index >= 15 is 0 Å². The van der Waals surface area contributed by atoms with E-state index in [2.05, 4.69) is 4.74 Å². The van der Waals surface area contributed by atoms with Crippen molar-refractivity contribution < 1.29 is 24.2 Å². The minimum absolute atomic E-state index is 0.110. The number of carbonyl (C=O) groups is 3. The third kappa shape index (κ3) is 3.44. The maximum Gasteiger partial charge on any atom is 0.413 e. The zero-order chi connectivity index (χ0) is 14.5. The molecule has 2 N–H and O–H groups in total. The molecule has 0 aliphatic carbocycles. The van der Waals surface area contributed by atoms with E-state index in [1.54, 1.807) is 4.90 Å². The van der Waals surface area contributed by atoms with E-state index in [0.717, 1.165) is 20.0 Å². The van der Waals surface area contributed by atoms with Crippen LogP contribution >= 0.6 is 0 Å². The number of aliphatic carboxylic acids is 1. The number of amides is 2. The molecule has 1 rings (SSSR count). The molecule has 0 bridgehead atoms. The fourth-order valence-corrected chi connectivity index (χ4v) is 2.59. The van der Waals surface area contributed by atoms with Gasteiger partial charge in [-0.2, -0.15) is 0 Å². The topological polar surface area (TPSA) is 95.9 Å². The summed E-state index contributed by atoms with van der Waals surface area (Å²) < 4.78 is 4.33. The molecule has 0 aromatic rings. The molecule has 0 spiro atoms. The second-order valence-corrected chi connectivity index (χ2v) is 4.65. The molecule has 1 heterocycles. The Morgan fingerprint density at radius 3 is 2.63 bits per heavy atom. The highest BCUT2D eigenvalue weighted by Gasteiger charge is 2.47. The molecular weight excluding hydrogens is 252 g/mol. The van der Waals surface area contributed by atoms with Crippen LogP contribution in [0.5, 0.6) is 0 Å². The molecule has 0 radical (unpaired) electrons. The lowest BCUT2D eigenvalue weighted by Crippen LogP contribution is -2.53. The van der Waals surface area contributed by atoms with Gasteiger partial charge in [0.25, 0.3) is 0 Å². The Hall–Kier alpha value is -1.63. The summed E-state index contributed by atoms with van der Waals surface area (Å²) in [6.45, 7) is 2.35. The van der Waals surface area contributed by atoms with Crippen molar-refractivity contribution in [3.8, 4) is 0 Å². The van der Waals surface area contributed by atoms with Gasteiger partial charge in [0.05, 0.1) is 13.7 Å². The van der Waals surface area contributed by atoms with Crippen molar-refractivity contribution in [3.63, 3.8) is 0 Å². The van der Waals surface area contributed by atoms with Crippen LogP contribution in [-0.2, 0) is 14.3 Å². The highest BCUT2D eigenvalue weighted by atomic mass is 16.5. The maximum atomic E-state index is 11.6. The lowest BCUT2D eigenvalue weighted by atomic mass is 9.90. The average Bonchev–Trinajstić information content (AvgIpc) is 2.73. The molecule has 1 fully saturated rings. The standard InChI is InChI=1S/C12H20N2O5/c1-3-5-12(10(16)17)6-4-7-14(12)8-9(15)13-11(18)19-2/h3-8H2,1-2H3,(H,16,17)(H,13,15,18). The van der Waals surface area contributed by atoms with E-state index in [1.807, 2.05) is 12.2 Å². The minimum atomic E-state index is -0.984. The molecule has 0 aromatic heterocycles. The van der Waals surface area contributed by atoms with Gasteiger partial charge in [-0.1, -0.05) is 13.3 Å². The predicted molar refractivity (Wildman–Crippen MR) is 66.6 cm³/mol. The normalized spacial score (nSPS) is 23.1. The number of carboxylic acids is 1. The lowest BCUT2D eigenvalue weighted by Gasteiger charge is -2.33. The SMILES string of the molecule is CCCC1(C(=O)O)CCCN1CC(=O)NC(=O)OC. The fraction of sp³-hybridized carbons (Fsp3) is 0.750. The minimum Gasteiger partial charge on any atom is -0.480 e. The van der Waals surface area contributed by atoms with Crippen LogP contribution in [0.3, 0.4) is 0 Å². The summed E-state index contributed by atoms with van der Waals surface area (Å²) in [5.74, 6) is -1.45. The Labute approximate surface area is 111 Å². The van der Waals surface area contributed by atoms with Crippen LogP contribution in [0.15, 0.2) is 0 Å². The largest absolute Gasteiger partial charge is 0.480 e. The van der Waals surface area contributed by atoms with Crippen molar-refractivity contribution in [1.29, 1.82) is 0 Å². The number of carboxylic acid groups (broad SMARTS) is 1. The number of hydrogen-bond acceptors (Lipinski definition) is 5. The Morgan fingerprint density at radius 1 is 1.42 bits per heavy atom. The summed E-state index contributed by atoms with van der Waals surface area (Å²) in [5, 5.41) is 11.5. The van der Waals surface area contributed by atoms with Crippen LogP contribution < -0.4 is 5.32 Å². The van der Waals surface area contributed by atoms with E-state index in [-0.39, 0.29) is 6.54 Å². The number of likely N-dealkylation sites (tertiary alicyclic amines) is 1. The summed E-state index contributed by atoms with van der Waals surface area (Å²) in [6, 6.07) is 0. The van der Waals surface area contributed by atoms with Crippen molar-refractivity contribution in [1.82, 2.24) is 10.2 Å². The summed E-state index contributed by atoms with van der Waals surface area (Å²) in [4.78, 5) is 35.7. The maximum absolute atomic E-state index is 11.6. The van der Waals surface area contributed by atoms with E-state index in [1.165, 1.54) is 0 Å². The predicted octanol–water partition coefficient (Wildman–Crippen LogP) is 0.588. The van der Waals surface area contributed by atoms with Gasteiger partial charge in [-0.05, 0) is 25.8 Å². The monoisotopic (exact) mass is 272 g/mol. The van der Waals surface area contributed by atoms with Crippen LogP contribution in [0, 0.1) is 0 Å². The first-order chi connectivity index (χ1) is 8.96. The first-order valence-corrected chi connectivity index (χ1v) is 6.32. The number of alkyl carbamates (subject to hydrolysis) is 1. The molecule has 1 aliphatic heterocycles. The second-order valence-electron chi connectivity index (χ2n) is 4.65. The van der Waals surface area contributed by atoms with Crippen LogP contribution in [0.4, 0.5) is 4.79 Å². The quantitative estimate of drug-likeness (QED) is 0.760. The Morgan fingerprint density at radius 2 is 2.11 bits per heavy atom. The Bertz CT molecular complexity index is 371. The summed E-state index contributed by atoms with van der Waals surface area (Å²) >= 11 is 0. The number of imide groups is 1. The number of methoxy groups -OCH3 is 1. The van der Waals surface area contributed by atoms with Gasteiger partial charge in [0.15, 0.2) is 0 Å². The lowest BCUT2D eigenvalue weighted by molar-refractivity contribution is -0.150. The number of rotatable bonds is 5. The van der Waals surface area contributed by atoms with Gasteiger partial charge in [0.2, 0.25) is 5.91 Å². The molecule has 19 heavy (non-hydrogen) atoms.